The van der Waals surface area contributed by atoms with Crippen LogP contribution in [0.3, 0.4) is 0 Å². The number of oxime groups is 1. The number of aromatic nitrogens is 2. The van der Waals surface area contributed by atoms with Crippen molar-refractivity contribution in [1.29, 1.82) is 0 Å². The number of benzene rings is 1. The lowest BCUT2D eigenvalue weighted by molar-refractivity contribution is 0.126. The van der Waals surface area contributed by atoms with E-state index in [4.69, 9.17) is 15.1 Å². The van der Waals surface area contributed by atoms with Gasteiger partial charge in [-0.05, 0) is 71.9 Å². The summed E-state index contributed by atoms with van der Waals surface area (Å²) in [6.07, 6.45) is 2.62. The van der Waals surface area contributed by atoms with Crippen molar-refractivity contribution in [1.82, 2.24) is 10.3 Å². The van der Waals surface area contributed by atoms with E-state index in [0.717, 1.165) is 24.8 Å². The average molecular weight is 498 g/mol. The molecule has 0 saturated heterocycles. The maximum Gasteiger partial charge on any atom is 0.435 e. The van der Waals surface area contributed by atoms with Gasteiger partial charge in [0.1, 0.15) is 23.1 Å². The topological polar surface area (TPSA) is 136 Å². The summed E-state index contributed by atoms with van der Waals surface area (Å²) in [4.78, 5) is 15.1. The summed E-state index contributed by atoms with van der Waals surface area (Å²) in [5, 5.41) is 20.5. The van der Waals surface area contributed by atoms with Gasteiger partial charge in [-0.3, -0.25) is 0 Å². The molecule has 31 heavy (non-hydrogen) atoms. The van der Waals surface area contributed by atoms with E-state index in [1.54, 1.807) is 26.0 Å². The Labute approximate surface area is 187 Å². The third-order valence-electron chi connectivity index (χ3n) is 4.22. The summed E-state index contributed by atoms with van der Waals surface area (Å²) in [5.41, 5.74) is 7.68. The molecule has 3 N–H and O–H groups in total. The number of carbonyl (C=O) groups is 1. The number of nitrogens with two attached hydrogens (primary N) is 1. The van der Waals surface area contributed by atoms with E-state index in [0.29, 0.717) is 28.7 Å². The quantitative estimate of drug-likeness (QED) is 0.163. The average Bonchev–Trinajstić information content (AvgIpc) is 3.16. The van der Waals surface area contributed by atoms with Gasteiger partial charge in [0.15, 0.2) is 5.69 Å². The first kappa shape index (κ1) is 24.4. The zero-order chi connectivity index (χ0) is 22.8. The standard InChI is InChI=1S/C20H25BrFN5O4/c1-12(2)30-20(28)24-18(23)7-5-3-4-6-16-19(27-31-26-16)17(25-29)11-13-8-9-15(22)14(21)10-13/h8-10,12,29H,3-7,11H2,1-2H3,(H2,23,24,28)/b25-17+. The summed E-state index contributed by atoms with van der Waals surface area (Å²) in [6, 6.07) is 4.53. The molecule has 0 aliphatic rings. The molecule has 1 heterocycles. The molecule has 1 amide bonds. The normalized spacial score (nSPS) is 12.4. The Bertz CT molecular complexity index is 945. The molecule has 0 bridgehead atoms. The second-order valence-corrected chi connectivity index (χ2v) is 7.98. The Morgan fingerprint density at radius 2 is 2.10 bits per heavy atom. The van der Waals surface area contributed by atoms with Gasteiger partial charge in [-0.25, -0.2) is 13.8 Å². The number of unbranched alkanes of at least 4 members (excludes halogenated alkanes) is 2. The molecular formula is C20H25BrFN5O4. The van der Waals surface area contributed by atoms with Crippen LogP contribution in [0.1, 0.15) is 56.5 Å². The lowest BCUT2D eigenvalue weighted by Gasteiger charge is -2.06. The van der Waals surface area contributed by atoms with Crippen LogP contribution in [0, 0.1) is 5.82 Å². The Hall–Kier alpha value is -2.82. The first-order chi connectivity index (χ1) is 14.8. The van der Waals surface area contributed by atoms with Crippen molar-refractivity contribution in [3.63, 3.8) is 0 Å². The first-order valence-corrected chi connectivity index (χ1v) is 10.6. The largest absolute Gasteiger partial charge is 0.445 e. The summed E-state index contributed by atoms with van der Waals surface area (Å²) in [5.74, 6) is -0.146. The molecular weight excluding hydrogens is 473 g/mol. The van der Waals surface area contributed by atoms with Gasteiger partial charge < -0.3 is 15.7 Å². The molecule has 0 unspecified atom stereocenters. The molecule has 1 aromatic carbocycles. The number of halogens is 2. The van der Waals surface area contributed by atoms with Crippen molar-refractivity contribution in [2.24, 2.45) is 15.9 Å². The Morgan fingerprint density at radius 1 is 1.32 bits per heavy atom. The minimum Gasteiger partial charge on any atom is -0.445 e. The van der Waals surface area contributed by atoms with Crippen molar-refractivity contribution >= 4 is 33.6 Å². The Morgan fingerprint density at radius 3 is 2.77 bits per heavy atom. The zero-order valence-corrected chi connectivity index (χ0v) is 18.9. The van der Waals surface area contributed by atoms with Gasteiger partial charge in [-0.15, -0.1) is 0 Å². The van der Waals surface area contributed by atoms with Crippen molar-refractivity contribution in [2.45, 2.75) is 58.5 Å². The predicted molar refractivity (Wildman–Crippen MR) is 116 cm³/mol. The number of rotatable bonds is 10. The number of carbonyl (C=O) groups excluding carboxylic acids is 1. The van der Waals surface area contributed by atoms with Crippen LogP contribution in [-0.2, 0) is 17.6 Å². The molecule has 0 spiro atoms. The van der Waals surface area contributed by atoms with E-state index in [-0.39, 0.29) is 29.9 Å². The monoisotopic (exact) mass is 497 g/mol. The molecule has 0 aliphatic carbocycles. The number of amides is 1. The third-order valence-corrected chi connectivity index (χ3v) is 4.83. The van der Waals surface area contributed by atoms with Crippen molar-refractivity contribution in [3.8, 4) is 0 Å². The molecule has 0 aliphatic heterocycles. The van der Waals surface area contributed by atoms with Crippen LogP contribution in [0.5, 0.6) is 0 Å². The number of hydrogen-bond donors (Lipinski definition) is 2. The van der Waals surface area contributed by atoms with Crippen molar-refractivity contribution in [3.05, 3.63) is 45.4 Å². The highest BCUT2D eigenvalue weighted by Crippen LogP contribution is 2.19. The fourth-order valence-corrected chi connectivity index (χ4v) is 3.20. The molecule has 1 aromatic heterocycles. The maximum atomic E-state index is 13.4. The second-order valence-electron chi connectivity index (χ2n) is 7.13. The van der Waals surface area contributed by atoms with Crippen molar-refractivity contribution < 1.29 is 23.8 Å². The zero-order valence-electron chi connectivity index (χ0n) is 17.3. The summed E-state index contributed by atoms with van der Waals surface area (Å²) in [6.45, 7) is 3.48. The lowest BCUT2D eigenvalue weighted by atomic mass is 10.0. The van der Waals surface area contributed by atoms with Crippen LogP contribution in [0.2, 0.25) is 0 Å². The van der Waals surface area contributed by atoms with Gasteiger partial charge in [0.25, 0.3) is 0 Å². The number of amidine groups is 1. The third kappa shape index (κ3) is 8.08. The highest BCUT2D eigenvalue weighted by molar-refractivity contribution is 9.10. The summed E-state index contributed by atoms with van der Waals surface area (Å²) >= 11 is 3.14. The van der Waals surface area contributed by atoms with Gasteiger partial charge in [-0.1, -0.05) is 22.8 Å². The lowest BCUT2D eigenvalue weighted by Crippen LogP contribution is -2.16. The minimum absolute atomic E-state index is 0.231. The number of aryl methyl sites for hydroxylation is 1. The van der Waals surface area contributed by atoms with E-state index in [1.165, 1.54) is 6.07 Å². The van der Waals surface area contributed by atoms with Crippen LogP contribution in [0.25, 0.3) is 0 Å². The molecule has 11 heteroatoms. The van der Waals surface area contributed by atoms with Gasteiger partial charge in [0.05, 0.1) is 10.6 Å². The van der Waals surface area contributed by atoms with Crippen LogP contribution >= 0.6 is 15.9 Å². The van der Waals surface area contributed by atoms with Crippen LogP contribution in [-0.4, -0.2) is 39.3 Å². The molecule has 2 aromatic rings. The van der Waals surface area contributed by atoms with E-state index < -0.39 is 6.09 Å². The summed E-state index contributed by atoms with van der Waals surface area (Å²) < 4.78 is 23.5. The number of hydrogen-bond acceptors (Lipinski definition) is 7. The number of aliphatic imine (C=N–C) groups is 1. The molecule has 0 radical (unpaired) electrons. The van der Waals surface area contributed by atoms with E-state index in [9.17, 15) is 14.4 Å². The van der Waals surface area contributed by atoms with Gasteiger partial charge >= 0.3 is 6.09 Å². The summed E-state index contributed by atoms with van der Waals surface area (Å²) in [7, 11) is 0. The van der Waals surface area contributed by atoms with Gasteiger partial charge in [-0.2, -0.15) is 4.99 Å². The maximum absolute atomic E-state index is 13.4. The smallest absolute Gasteiger partial charge is 0.435 e. The Balaban J connectivity index is 1.85. The minimum atomic E-state index is -0.685. The first-order valence-electron chi connectivity index (χ1n) is 9.80. The van der Waals surface area contributed by atoms with Crippen LogP contribution < -0.4 is 5.73 Å². The van der Waals surface area contributed by atoms with Gasteiger partial charge in [0, 0.05) is 12.8 Å². The molecule has 2 rings (SSSR count). The predicted octanol–water partition coefficient (Wildman–Crippen LogP) is 4.40. The molecule has 0 saturated carbocycles. The van der Waals surface area contributed by atoms with E-state index >= 15 is 0 Å². The van der Waals surface area contributed by atoms with E-state index in [1.807, 2.05) is 0 Å². The number of ether oxygens (including phenoxy) is 1. The van der Waals surface area contributed by atoms with Crippen LogP contribution in [0.15, 0.2) is 37.4 Å². The highest BCUT2D eigenvalue weighted by Gasteiger charge is 2.18. The van der Waals surface area contributed by atoms with Crippen LogP contribution in [0.4, 0.5) is 9.18 Å². The SMILES string of the molecule is CC(C)OC(=O)N=C(N)CCCCCc1nonc1/C(Cc1ccc(F)c(Br)c1)=N/O. The molecule has 168 valence electrons. The fraction of sp³-hybridized carbons (Fsp3) is 0.450. The molecule has 0 fully saturated rings. The Kier molecular flexibility index (Phi) is 9.57. The molecule has 9 nitrogen and oxygen atoms in total. The number of nitrogens with zero attached hydrogens (tertiary/aromatic N) is 4. The van der Waals surface area contributed by atoms with E-state index in [2.05, 4.69) is 36.4 Å². The van der Waals surface area contributed by atoms with Crippen molar-refractivity contribution in [2.75, 3.05) is 0 Å². The fourth-order valence-electron chi connectivity index (χ4n) is 2.78. The second kappa shape index (κ2) is 12.1. The van der Waals surface area contributed by atoms with Gasteiger partial charge in [0.2, 0.25) is 0 Å². The highest BCUT2D eigenvalue weighted by atomic mass is 79.9. The molecule has 0 atom stereocenters.